The number of allylic oxidation sites excluding steroid dienone is 2. The van der Waals surface area contributed by atoms with Crippen molar-refractivity contribution in [2.24, 2.45) is 0 Å². The molecule has 0 bridgehead atoms. The molecule has 2 atom stereocenters. The summed E-state index contributed by atoms with van der Waals surface area (Å²) < 4.78 is 10.2. The lowest BCUT2D eigenvalue weighted by Gasteiger charge is -2.19. The van der Waals surface area contributed by atoms with Crippen molar-refractivity contribution in [3.8, 4) is 11.5 Å². The Labute approximate surface area is 163 Å². The molecule has 2 N–H and O–H groups in total. The Morgan fingerprint density at radius 3 is 1.32 bits per heavy atom. The second-order valence-corrected chi connectivity index (χ2v) is 5.87. The number of rotatable bonds is 7. The average molecular weight is 382 g/mol. The van der Waals surface area contributed by atoms with Gasteiger partial charge in [0, 0.05) is 12.2 Å². The summed E-state index contributed by atoms with van der Waals surface area (Å²) in [4.78, 5) is 22.8. The Morgan fingerprint density at radius 2 is 1.04 bits per heavy atom. The fourth-order valence-electron chi connectivity index (χ4n) is 2.40. The van der Waals surface area contributed by atoms with Gasteiger partial charge in [0.15, 0.2) is 0 Å². The van der Waals surface area contributed by atoms with E-state index in [-0.39, 0.29) is 0 Å². The van der Waals surface area contributed by atoms with Crippen LogP contribution >= 0.6 is 0 Å². The number of ether oxygens (including phenoxy) is 2. The number of esters is 2. The summed E-state index contributed by atoms with van der Waals surface area (Å²) in [5.74, 6) is -0.321. The molecule has 2 rings (SSSR count). The zero-order valence-electron chi connectivity index (χ0n) is 15.6. The number of carbonyl (C=O) groups excluding carboxylic acids is 2. The highest BCUT2D eigenvalue weighted by atomic mass is 16.5. The molecule has 6 heteroatoms. The van der Waals surface area contributed by atoms with Crippen LogP contribution in [0.25, 0.3) is 0 Å². The third kappa shape index (κ3) is 5.90. The zero-order valence-corrected chi connectivity index (χ0v) is 15.6. The van der Waals surface area contributed by atoms with E-state index in [2.05, 4.69) is 0 Å². The Balaban J connectivity index is 2.04. The Bertz CT molecular complexity index is 776. The number of carbonyl (C=O) groups is 2. The minimum absolute atomic E-state index is 0.334. The first-order valence-electron chi connectivity index (χ1n) is 8.69. The third-order valence-electron chi connectivity index (χ3n) is 3.78. The van der Waals surface area contributed by atoms with Gasteiger partial charge in [0.2, 0.25) is 0 Å². The van der Waals surface area contributed by atoms with E-state index in [1.165, 1.54) is 36.4 Å². The van der Waals surface area contributed by atoms with Crippen LogP contribution in [-0.4, -0.2) is 22.2 Å². The smallest absolute Gasteiger partial charge is 0.335 e. The fraction of sp³-hybridized carbons (Fsp3) is 0.182. The van der Waals surface area contributed by atoms with Crippen LogP contribution in [0.4, 0.5) is 0 Å². The van der Waals surface area contributed by atoms with Gasteiger partial charge in [0.05, 0.1) is 0 Å². The lowest BCUT2D eigenvalue weighted by Crippen LogP contribution is -2.11. The van der Waals surface area contributed by atoms with Crippen LogP contribution in [0.15, 0.2) is 72.8 Å². The van der Waals surface area contributed by atoms with Crippen molar-refractivity contribution in [1.82, 2.24) is 0 Å². The molecule has 2 aromatic carbocycles. The monoisotopic (exact) mass is 382 g/mol. The zero-order chi connectivity index (χ0) is 20.5. The number of hydrogen-bond acceptors (Lipinski definition) is 6. The SMILES string of the molecule is C/C=C/C(=O)Oc1ccc([C@@H](O)[C@H](O)c2ccc(OC(=O)/C=C/C)cc2)cc1. The molecule has 0 heterocycles. The number of aliphatic hydroxyl groups is 2. The summed E-state index contributed by atoms with van der Waals surface area (Å²) in [6.45, 7) is 3.42. The lowest BCUT2D eigenvalue weighted by molar-refractivity contribution is -0.129. The van der Waals surface area contributed by atoms with Gasteiger partial charge in [-0.25, -0.2) is 9.59 Å². The maximum Gasteiger partial charge on any atom is 0.335 e. The van der Waals surface area contributed by atoms with Crippen LogP contribution in [0, 0.1) is 0 Å². The van der Waals surface area contributed by atoms with Gasteiger partial charge in [-0.1, -0.05) is 36.4 Å². The molecule has 6 nitrogen and oxygen atoms in total. The number of aliphatic hydroxyl groups excluding tert-OH is 2. The van der Waals surface area contributed by atoms with Gasteiger partial charge in [0.1, 0.15) is 23.7 Å². The number of hydrogen-bond donors (Lipinski definition) is 2. The van der Waals surface area contributed by atoms with E-state index in [4.69, 9.17) is 9.47 Å². The first kappa shape index (κ1) is 21.1. The number of benzene rings is 2. The van der Waals surface area contributed by atoms with Crippen molar-refractivity contribution in [2.75, 3.05) is 0 Å². The van der Waals surface area contributed by atoms with E-state index < -0.39 is 24.1 Å². The summed E-state index contributed by atoms with van der Waals surface area (Å²) in [5.41, 5.74) is 0.920. The van der Waals surface area contributed by atoms with Crippen molar-refractivity contribution in [3.05, 3.63) is 84.0 Å². The molecule has 0 radical (unpaired) electrons. The van der Waals surface area contributed by atoms with Gasteiger partial charge in [0.25, 0.3) is 0 Å². The molecule has 28 heavy (non-hydrogen) atoms. The summed E-state index contributed by atoms with van der Waals surface area (Å²) in [7, 11) is 0. The highest BCUT2D eigenvalue weighted by Gasteiger charge is 2.20. The van der Waals surface area contributed by atoms with E-state index in [1.54, 1.807) is 50.3 Å². The first-order chi connectivity index (χ1) is 13.4. The molecule has 0 saturated carbocycles. The molecule has 0 amide bonds. The van der Waals surface area contributed by atoms with Gasteiger partial charge in [-0.15, -0.1) is 0 Å². The maximum atomic E-state index is 11.4. The molecule has 2 aromatic rings. The molecule has 146 valence electrons. The topological polar surface area (TPSA) is 93.1 Å². The molecule has 0 fully saturated rings. The van der Waals surface area contributed by atoms with Gasteiger partial charge >= 0.3 is 11.9 Å². The molecule has 0 spiro atoms. The highest BCUT2D eigenvalue weighted by Crippen LogP contribution is 2.30. The van der Waals surface area contributed by atoms with E-state index in [1.807, 2.05) is 0 Å². The Hall–Kier alpha value is -3.22. The first-order valence-corrected chi connectivity index (χ1v) is 8.69. The van der Waals surface area contributed by atoms with Gasteiger partial charge in [-0.05, 0) is 49.2 Å². The second-order valence-electron chi connectivity index (χ2n) is 5.87. The van der Waals surface area contributed by atoms with Crippen LogP contribution in [-0.2, 0) is 9.59 Å². The summed E-state index contributed by atoms with van der Waals surface area (Å²) in [6.07, 6.45) is 3.37. The molecule has 0 unspecified atom stereocenters. The Morgan fingerprint density at radius 1 is 0.714 bits per heavy atom. The van der Waals surface area contributed by atoms with Gasteiger partial charge in [-0.2, -0.15) is 0 Å². The minimum atomic E-state index is -1.18. The standard InChI is InChI=1S/C22H22O6/c1-3-5-19(23)27-17-11-7-15(8-12-17)21(25)22(26)16-9-13-18(14-10-16)28-20(24)6-4-2/h3-14,21-22,25-26H,1-2H3/b5-3+,6-4+/t21-,22-/m1/s1. The predicted molar refractivity (Wildman–Crippen MR) is 104 cm³/mol. The molecular formula is C22H22O6. The summed E-state index contributed by atoms with van der Waals surface area (Å²) in [5, 5.41) is 20.8. The molecular weight excluding hydrogens is 360 g/mol. The van der Waals surface area contributed by atoms with Crippen molar-refractivity contribution in [2.45, 2.75) is 26.1 Å². The average Bonchev–Trinajstić information content (AvgIpc) is 2.68. The normalized spacial score (nSPS) is 13.4. The van der Waals surface area contributed by atoms with E-state index in [9.17, 15) is 19.8 Å². The van der Waals surface area contributed by atoms with Crippen LogP contribution in [0.5, 0.6) is 11.5 Å². The second kappa shape index (κ2) is 10.2. The van der Waals surface area contributed by atoms with Crippen molar-refractivity contribution in [1.29, 1.82) is 0 Å². The lowest BCUT2D eigenvalue weighted by atomic mass is 9.98. The fourth-order valence-corrected chi connectivity index (χ4v) is 2.40. The quantitative estimate of drug-likeness (QED) is 0.433. The molecule has 0 aliphatic carbocycles. The van der Waals surface area contributed by atoms with Gasteiger partial charge in [-0.3, -0.25) is 0 Å². The maximum absolute atomic E-state index is 11.4. The van der Waals surface area contributed by atoms with Crippen LogP contribution in [0.2, 0.25) is 0 Å². The third-order valence-corrected chi connectivity index (χ3v) is 3.78. The highest BCUT2D eigenvalue weighted by molar-refractivity contribution is 5.84. The van der Waals surface area contributed by atoms with Crippen molar-refractivity contribution >= 4 is 11.9 Å². The van der Waals surface area contributed by atoms with E-state index >= 15 is 0 Å². The van der Waals surface area contributed by atoms with Crippen LogP contribution < -0.4 is 9.47 Å². The van der Waals surface area contributed by atoms with Crippen molar-refractivity contribution in [3.63, 3.8) is 0 Å². The van der Waals surface area contributed by atoms with Crippen molar-refractivity contribution < 1.29 is 29.3 Å². The Kier molecular flexibility index (Phi) is 7.68. The largest absolute Gasteiger partial charge is 0.423 e. The molecule has 0 saturated heterocycles. The molecule has 0 aliphatic rings. The minimum Gasteiger partial charge on any atom is -0.423 e. The molecule has 0 aliphatic heterocycles. The van der Waals surface area contributed by atoms with Crippen LogP contribution in [0.3, 0.4) is 0 Å². The predicted octanol–water partition coefficient (Wildman–Crippen LogP) is 3.42. The van der Waals surface area contributed by atoms with E-state index in [0.29, 0.717) is 22.6 Å². The van der Waals surface area contributed by atoms with Crippen LogP contribution in [0.1, 0.15) is 37.2 Å². The summed E-state index contributed by atoms with van der Waals surface area (Å²) in [6, 6.07) is 12.4. The van der Waals surface area contributed by atoms with Gasteiger partial charge < -0.3 is 19.7 Å². The summed E-state index contributed by atoms with van der Waals surface area (Å²) >= 11 is 0. The molecule has 0 aromatic heterocycles. The van der Waals surface area contributed by atoms with E-state index in [0.717, 1.165) is 0 Å².